The van der Waals surface area contributed by atoms with Crippen molar-refractivity contribution in [2.75, 3.05) is 59.6 Å². The predicted octanol–water partition coefficient (Wildman–Crippen LogP) is -1.28. The van der Waals surface area contributed by atoms with Crippen molar-refractivity contribution in [2.24, 2.45) is 11.8 Å². The average Bonchev–Trinajstić information content (AvgIpc) is 3.41. The topological polar surface area (TPSA) is 120 Å². The zero-order valence-electron chi connectivity index (χ0n) is 19.1. The third-order valence-electron chi connectivity index (χ3n) is 7.85. The highest BCUT2D eigenvalue weighted by Gasteiger charge is 2.78. The first-order chi connectivity index (χ1) is 15.4. The Kier molecular flexibility index (Phi) is 6.76. The first-order valence-electron chi connectivity index (χ1n) is 11.8. The molecular formula is C22H36N4O6. The molecule has 0 aromatic rings. The van der Waals surface area contributed by atoms with E-state index in [1.165, 1.54) is 0 Å². The number of hydrogen-bond donors (Lipinski definition) is 3. The van der Waals surface area contributed by atoms with Crippen LogP contribution < -0.4 is 10.6 Å². The number of amides is 3. The van der Waals surface area contributed by atoms with Crippen LogP contribution in [-0.4, -0.2) is 109 Å². The Labute approximate surface area is 189 Å². The number of carbonyl (C=O) groups excluding carboxylic acids is 3. The molecule has 3 N–H and O–H groups in total. The van der Waals surface area contributed by atoms with Crippen molar-refractivity contribution in [3.8, 4) is 0 Å². The third kappa shape index (κ3) is 3.61. The SMILES string of the molecule is CC[C@]12CCC3(O1)C(C(=O)NCCN1CCOCC1)N(CCCO)C(=O)[C@@H]3[C@H]2C(=O)NC. The van der Waals surface area contributed by atoms with E-state index in [1.54, 1.807) is 11.9 Å². The van der Waals surface area contributed by atoms with Crippen LogP contribution in [0.2, 0.25) is 0 Å². The zero-order valence-corrected chi connectivity index (χ0v) is 19.1. The number of nitrogens with one attached hydrogen (secondary N) is 2. The molecule has 10 nitrogen and oxygen atoms in total. The third-order valence-corrected chi connectivity index (χ3v) is 7.85. The Morgan fingerprint density at radius 2 is 1.94 bits per heavy atom. The van der Waals surface area contributed by atoms with Crippen LogP contribution in [0.4, 0.5) is 0 Å². The number of rotatable bonds is 9. The number of aliphatic hydroxyl groups excluding tert-OH is 1. The van der Waals surface area contributed by atoms with E-state index in [1.807, 2.05) is 6.92 Å². The van der Waals surface area contributed by atoms with Crippen molar-refractivity contribution in [1.82, 2.24) is 20.4 Å². The highest BCUT2D eigenvalue weighted by molar-refractivity contribution is 5.99. The number of fused-ring (bicyclic) bond motifs is 1. The summed E-state index contributed by atoms with van der Waals surface area (Å²) >= 11 is 0. The first kappa shape index (κ1) is 23.4. The van der Waals surface area contributed by atoms with E-state index in [4.69, 9.17) is 9.47 Å². The van der Waals surface area contributed by atoms with Crippen LogP contribution in [0.5, 0.6) is 0 Å². The minimum absolute atomic E-state index is 0.0779. The van der Waals surface area contributed by atoms with Crippen LogP contribution >= 0.6 is 0 Å². The van der Waals surface area contributed by atoms with Gasteiger partial charge < -0.3 is 30.1 Å². The summed E-state index contributed by atoms with van der Waals surface area (Å²) in [5.41, 5.74) is -1.71. The van der Waals surface area contributed by atoms with Gasteiger partial charge >= 0.3 is 0 Å². The second-order valence-electron chi connectivity index (χ2n) is 9.30. The summed E-state index contributed by atoms with van der Waals surface area (Å²) in [6, 6.07) is -0.792. The molecule has 4 aliphatic rings. The lowest BCUT2D eigenvalue weighted by molar-refractivity contribution is -0.147. The zero-order chi connectivity index (χ0) is 22.9. The minimum Gasteiger partial charge on any atom is -0.396 e. The molecule has 4 saturated heterocycles. The number of carbonyl (C=O) groups is 3. The van der Waals surface area contributed by atoms with Crippen molar-refractivity contribution < 1.29 is 29.0 Å². The standard InChI is InChI=1S/C22H36N4O6/c1-3-21-5-6-22(32-21)16(15(21)18(28)23-2)20(30)26(8-4-12-27)17(22)19(29)24-7-9-25-10-13-31-14-11-25/h15-17,27H,3-14H2,1-2H3,(H,23,28)(H,24,29)/t15-,16-,17?,21+,22?/m0/s1. The second kappa shape index (κ2) is 9.24. The van der Waals surface area contributed by atoms with E-state index >= 15 is 0 Å². The Bertz CT molecular complexity index is 744. The van der Waals surface area contributed by atoms with Crippen LogP contribution in [0.25, 0.3) is 0 Å². The van der Waals surface area contributed by atoms with Gasteiger partial charge in [-0.3, -0.25) is 19.3 Å². The van der Waals surface area contributed by atoms with Gasteiger partial charge in [-0.05, 0) is 25.7 Å². The number of likely N-dealkylation sites (tertiary alicyclic amines) is 1. The van der Waals surface area contributed by atoms with E-state index in [2.05, 4.69) is 15.5 Å². The van der Waals surface area contributed by atoms with Gasteiger partial charge in [0, 0.05) is 46.4 Å². The van der Waals surface area contributed by atoms with E-state index in [0.717, 1.165) is 13.1 Å². The Balaban J connectivity index is 1.57. The van der Waals surface area contributed by atoms with Gasteiger partial charge in [-0.2, -0.15) is 0 Å². The molecule has 2 bridgehead atoms. The molecule has 1 spiro atoms. The molecule has 0 aromatic heterocycles. The van der Waals surface area contributed by atoms with Crippen LogP contribution in [-0.2, 0) is 23.9 Å². The molecule has 0 aromatic carbocycles. The van der Waals surface area contributed by atoms with Gasteiger partial charge in [0.1, 0.15) is 11.6 Å². The lowest BCUT2D eigenvalue weighted by Crippen LogP contribution is -2.56. The smallest absolute Gasteiger partial charge is 0.245 e. The van der Waals surface area contributed by atoms with Crippen LogP contribution in [0.1, 0.15) is 32.6 Å². The van der Waals surface area contributed by atoms with Crippen LogP contribution in [0.15, 0.2) is 0 Å². The molecule has 4 fully saturated rings. The molecule has 2 unspecified atom stereocenters. The normalized spacial score (nSPS) is 36.4. The summed E-state index contributed by atoms with van der Waals surface area (Å²) in [6.45, 7) is 6.40. The van der Waals surface area contributed by atoms with E-state index in [9.17, 15) is 19.5 Å². The Hall–Kier alpha value is -1.75. The monoisotopic (exact) mass is 452 g/mol. The van der Waals surface area contributed by atoms with Crippen LogP contribution in [0.3, 0.4) is 0 Å². The number of ether oxygens (including phenoxy) is 2. The van der Waals surface area contributed by atoms with Gasteiger partial charge in [-0.15, -0.1) is 0 Å². The molecule has 5 atom stereocenters. The summed E-state index contributed by atoms with van der Waals surface area (Å²) in [4.78, 5) is 43.7. The fraction of sp³-hybridized carbons (Fsp3) is 0.864. The maximum atomic E-state index is 13.6. The fourth-order valence-electron chi connectivity index (χ4n) is 6.31. The van der Waals surface area contributed by atoms with Gasteiger partial charge in [0.05, 0.1) is 30.7 Å². The maximum Gasteiger partial charge on any atom is 0.245 e. The molecular weight excluding hydrogens is 416 g/mol. The van der Waals surface area contributed by atoms with Gasteiger partial charge in [0.25, 0.3) is 0 Å². The van der Waals surface area contributed by atoms with Gasteiger partial charge in [-0.1, -0.05) is 6.92 Å². The number of nitrogens with zero attached hydrogens (tertiary/aromatic N) is 2. The van der Waals surface area contributed by atoms with Gasteiger partial charge in [0.2, 0.25) is 17.7 Å². The molecule has 180 valence electrons. The summed E-state index contributed by atoms with van der Waals surface area (Å²) in [6.07, 6.45) is 2.20. The van der Waals surface area contributed by atoms with Crippen LogP contribution in [0, 0.1) is 11.8 Å². The molecule has 0 radical (unpaired) electrons. The van der Waals surface area contributed by atoms with Crippen molar-refractivity contribution >= 4 is 17.7 Å². The summed E-state index contributed by atoms with van der Waals surface area (Å²) < 4.78 is 12.0. The quantitative estimate of drug-likeness (QED) is 0.398. The number of aliphatic hydroxyl groups is 1. The molecule has 4 aliphatic heterocycles. The minimum atomic E-state index is -0.997. The molecule has 3 amide bonds. The maximum absolute atomic E-state index is 13.6. The first-order valence-corrected chi connectivity index (χ1v) is 11.8. The Morgan fingerprint density at radius 1 is 1.19 bits per heavy atom. The van der Waals surface area contributed by atoms with Crippen molar-refractivity contribution in [1.29, 1.82) is 0 Å². The van der Waals surface area contributed by atoms with Crippen molar-refractivity contribution in [2.45, 2.75) is 49.9 Å². The lowest BCUT2D eigenvalue weighted by atomic mass is 9.65. The molecule has 4 rings (SSSR count). The highest BCUT2D eigenvalue weighted by atomic mass is 16.5. The predicted molar refractivity (Wildman–Crippen MR) is 115 cm³/mol. The van der Waals surface area contributed by atoms with E-state index in [-0.39, 0.29) is 30.9 Å². The molecule has 4 heterocycles. The summed E-state index contributed by atoms with van der Waals surface area (Å²) in [5, 5.41) is 15.1. The van der Waals surface area contributed by atoms with E-state index < -0.39 is 29.1 Å². The van der Waals surface area contributed by atoms with E-state index in [0.29, 0.717) is 52.0 Å². The molecule has 0 aliphatic carbocycles. The number of morpholine rings is 1. The number of hydrogen-bond acceptors (Lipinski definition) is 7. The molecule has 0 saturated carbocycles. The second-order valence-corrected chi connectivity index (χ2v) is 9.30. The Morgan fingerprint density at radius 3 is 2.59 bits per heavy atom. The largest absolute Gasteiger partial charge is 0.396 e. The average molecular weight is 453 g/mol. The highest BCUT2D eigenvalue weighted by Crippen LogP contribution is 2.64. The van der Waals surface area contributed by atoms with Gasteiger partial charge in [-0.25, -0.2) is 0 Å². The van der Waals surface area contributed by atoms with Crippen molar-refractivity contribution in [3.05, 3.63) is 0 Å². The summed E-state index contributed by atoms with van der Waals surface area (Å²) in [5.74, 6) is -1.94. The van der Waals surface area contributed by atoms with Crippen molar-refractivity contribution in [3.63, 3.8) is 0 Å². The van der Waals surface area contributed by atoms with Gasteiger partial charge in [0.15, 0.2) is 0 Å². The lowest BCUT2D eigenvalue weighted by Gasteiger charge is -2.34. The molecule has 10 heteroatoms. The fourth-order valence-corrected chi connectivity index (χ4v) is 6.31. The summed E-state index contributed by atoms with van der Waals surface area (Å²) in [7, 11) is 1.57. The molecule has 32 heavy (non-hydrogen) atoms.